The molecule has 2 unspecified atom stereocenters. The van der Waals surface area contributed by atoms with Gasteiger partial charge in [-0.3, -0.25) is 9.59 Å². The molecular weight excluding hydrogens is 875 g/mol. The van der Waals surface area contributed by atoms with Crippen LogP contribution in [0.4, 0.5) is 0 Å². The quantitative estimate of drug-likeness (QED) is 0.0320. The van der Waals surface area contributed by atoms with Crippen molar-refractivity contribution in [3.05, 3.63) is 24.3 Å². The van der Waals surface area contributed by atoms with Crippen molar-refractivity contribution in [1.82, 2.24) is 5.32 Å². The molecule has 0 heterocycles. The van der Waals surface area contributed by atoms with Crippen LogP contribution in [0.1, 0.15) is 354 Å². The fraction of sp³-hybridized carbons (Fsp3) is 0.908. The summed E-state index contributed by atoms with van der Waals surface area (Å²) in [7, 11) is 0. The van der Waals surface area contributed by atoms with Crippen LogP contribution in [-0.4, -0.2) is 47.4 Å². The molecule has 3 N–H and O–H groups in total. The van der Waals surface area contributed by atoms with E-state index in [1.807, 2.05) is 0 Å². The molecule has 0 saturated heterocycles. The highest BCUT2D eigenvalue weighted by Crippen LogP contribution is 2.18. The van der Waals surface area contributed by atoms with E-state index < -0.39 is 12.1 Å². The summed E-state index contributed by atoms with van der Waals surface area (Å²) in [6.45, 7) is 4.95. The molecule has 0 aromatic heterocycles. The third kappa shape index (κ3) is 57.5. The van der Waals surface area contributed by atoms with Gasteiger partial charge >= 0.3 is 5.97 Å². The highest BCUT2D eigenvalue weighted by Gasteiger charge is 2.20. The number of unbranched alkanes of at least 4 members (excludes halogenated alkanes) is 45. The van der Waals surface area contributed by atoms with Gasteiger partial charge in [-0.1, -0.05) is 289 Å². The van der Waals surface area contributed by atoms with Crippen LogP contribution < -0.4 is 5.32 Å². The summed E-state index contributed by atoms with van der Waals surface area (Å²) in [6.07, 6.45) is 74.9. The maximum Gasteiger partial charge on any atom is 0.305 e. The molecule has 0 aliphatic carbocycles. The maximum atomic E-state index is 12.4. The van der Waals surface area contributed by atoms with Gasteiger partial charge in [0.1, 0.15) is 0 Å². The Morgan fingerprint density at radius 2 is 0.662 bits per heavy atom. The molecule has 0 spiro atoms. The molecule has 6 heteroatoms. The van der Waals surface area contributed by atoms with Crippen molar-refractivity contribution in [1.29, 1.82) is 0 Å². The Kier molecular flexibility index (Phi) is 59.5. The average Bonchev–Trinajstić information content (AvgIpc) is 3.37. The first kappa shape index (κ1) is 69.3. The van der Waals surface area contributed by atoms with E-state index >= 15 is 0 Å². The average molecular weight is 1000 g/mol. The van der Waals surface area contributed by atoms with Crippen molar-refractivity contribution in [2.75, 3.05) is 13.2 Å². The van der Waals surface area contributed by atoms with E-state index in [2.05, 4.69) is 43.5 Å². The number of rotatable bonds is 60. The molecule has 0 saturated carbocycles. The number of ether oxygens (including phenoxy) is 1. The lowest BCUT2D eigenvalue weighted by Crippen LogP contribution is -2.45. The number of amides is 1. The van der Waals surface area contributed by atoms with Gasteiger partial charge in [-0.15, -0.1) is 0 Å². The first-order valence-electron chi connectivity index (χ1n) is 32.1. The maximum absolute atomic E-state index is 12.4. The van der Waals surface area contributed by atoms with Gasteiger partial charge < -0.3 is 20.3 Å². The van der Waals surface area contributed by atoms with Crippen LogP contribution >= 0.6 is 0 Å². The molecule has 1 amide bonds. The summed E-state index contributed by atoms with van der Waals surface area (Å²) in [5.41, 5.74) is 0. The van der Waals surface area contributed by atoms with E-state index in [9.17, 15) is 19.8 Å². The molecule has 420 valence electrons. The van der Waals surface area contributed by atoms with Crippen LogP contribution in [0.2, 0.25) is 0 Å². The Bertz CT molecular complexity index is 1110. The fourth-order valence-corrected chi connectivity index (χ4v) is 10.0. The fourth-order valence-electron chi connectivity index (χ4n) is 10.0. The minimum Gasteiger partial charge on any atom is -0.466 e. The van der Waals surface area contributed by atoms with E-state index in [-0.39, 0.29) is 18.5 Å². The predicted octanol–water partition coefficient (Wildman–Crippen LogP) is 20.2. The van der Waals surface area contributed by atoms with E-state index in [0.717, 1.165) is 44.9 Å². The van der Waals surface area contributed by atoms with Crippen LogP contribution in [0, 0.1) is 0 Å². The minimum absolute atomic E-state index is 0.00817. The van der Waals surface area contributed by atoms with Crippen LogP contribution in [0.5, 0.6) is 0 Å². The Morgan fingerprint density at radius 3 is 1.00 bits per heavy atom. The largest absolute Gasteiger partial charge is 0.466 e. The first-order chi connectivity index (χ1) is 35.0. The van der Waals surface area contributed by atoms with Crippen molar-refractivity contribution in [2.45, 2.75) is 366 Å². The second-order valence-corrected chi connectivity index (χ2v) is 22.1. The van der Waals surface area contributed by atoms with Gasteiger partial charge in [0.2, 0.25) is 5.91 Å². The van der Waals surface area contributed by atoms with E-state index in [4.69, 9.17) is 4.74 Å². The van der Waals surface area contributed by atoms with Gasteiger partial charge in [0.15, 0.2) is 0 Å². The van der Waals surface area contributed by atoms with Crippen LogP contribution in [-0.2, 0) is 14.3 Å². The second-order valence-electron chi connectivity index (χ2n) is 22.1. The van der Waals surface area contributed by atoms with Crippen molar-refractivity contribution < 1.29 is 24.5 Å². The lowest BCUT2D eigenvalue weighted by atomic mass is 10.0. The third-order valence-corrected chi connectivity index (χ3v) is 15.0. The molecule has 0 rings (SSSR count). The molecule has 6 nitrogen and oxygen atoms in total. The molecule has 0 bridgehead atoms. The molecule has 0 aliphatic heterocycles. The van der Waals surface area contributed by atoms with E-state index in [0.29, 0.717) is 25.9 Å². The number of hydrogen-bond donors (Lipinski definition) is 3. The third-order valence-electron chi connectivity index (χ3n) is 15.0. The van der Waals surface area contributed by atoms with Crippen molar-refractivity contribution in [3.8, 4) is 0 Å². The van der Waals surface area contributed by atoms with Crippen LogP contribution in [0.15, 0.2) is 24.3 Å². The topological polar surface area (TPSA) is 95.9 Å². The summed E-state index contributed by atoms with van der Waals surface area (Å²) >= 11 is 0. The predicted molar refractivity (Wildman–Crippen MR) is 310 cm³/mol. The van der Waals surface area contributed by atoms with Crippen molar-refractivity contribution >= 4 is 11.9 Å². The summed E-state index contributed by atoms with van der Waals surface area (Å²) in [5.74, 6) is -0.0257. The van der Waals surface area contributed by atoms with Gasteiger partial charge in [0.05, 0.1) is 25.4 Å². The smallest absolute Gasteiger partial charge is 0.305 e. The molecule has 0 aromatic rings. The number of aliphatic hydroxyl groups is 2. The highest BCUT2D eigenvalue weighted by atomic mass is 16.5. The molecular formula is C65H125NO5. The normalized spacial score (nSPS) is 12.7. The molecule has 0 aliphatic rings. The number of carbonyl (C=O) groups excluding carboxylic acids is 2. The monoisotopic (exact) mass is 1000 g/mol. The highest BCUT2D eigenvalue weighted by molar-refractivity contribution is 5.76. The van der Waals surface area contributed by atoms with Gasteiger partial charge in [0, 0.05) is 12.8 Å². The SMILES string of the molecule is CCCCCCC/C=C\CCCCCCCC(=O)OCCCCCCCCCCCCCC/C=C\CCCCCCCCCCCCCCCC(=O)NC(CO)C(O)CCCCCCCCCCCCC. The number of allylic oxidation sites excluding steroid dienone is 4. The van der Waals surface area contributed by atoms with Crippen molar-refractivity contribution in [2.24, 2.45) is 0 Å². The standard InChI is InChI=1S/C65H125NO5/c1-3-5-7-9-11-13-15-16-35-39-43-47-51-55-59-65(70)71-60-56-52-48-44-40-36-33-31-29-27-25-23-21-19-17-18-20-22-24-26-28-30-32-34-38-42-46-50-54-58-64(69)66-62(61-67)63(68)57-53-49-45-41-37-14-12-10-8-6-4-2/h15-17,19,62-63,67-68H,3-14,18,20-61H2,1-2H3,(H,66,69)/b16-15-,19-17-. The Hall–Kier alpha value is -1.66. The number of carbonyl (C=O) groups is 2. The van der Waals surface area contributed by atoms with Gasteiger partial charge in [0.25, 0.3) is 0 Å². The lowest BCUT2D eigenvalue weighted by molar-refractivity contribution is -0.143. The number of hydrogen-bond acceptors (Lipinski definition) is 5. The molecule has 0 radical (unpaired) electrons. The van der Waals surface area contributed by atoms with E-state index in [1.54, 1.807) is 0 Å². The summed E-state index contributed by atoms with van der Waals surface area (Å²) in [4.78, 5) is 24.5. The molecule has 2 atom stereocenters. The molecule has 0 fully saturated rings. The zero-order valence-corrected chi connectivity index (χ0v) is 48.0. The number of aliphatic hydroxyl groups excluding tert-OH is 2. The summed E-state index contributed by atoms with van der Waals surface area (Å²) in [5, 5.41) is 23.2. The molecule has 0 aromatic carbocycles. The molecule has 71 heavy (non-hydrogen) atoms. The zero-order valence-electron chi connectivity index (χ0n) is 48.0. The van der Waals surface area contributed by atoms with Gasteiger partial charge in [-0.25, -0.2) is 0 Å². The minimum atomic E-state index is -0.662. The Labute approximate surface area is 443 Å². The second kappa shape index (κ2) is 60.9. The van der Waals surface area contributed by atoms with Crippen molar-refractivity contribution in [3.63, 3.8) is 0 Å². The number of nitrogens with one attached hydrogen (secondary N) is 1. The lowest BCUT2D eigenvalue weighted by Gasteiger charge is -2.22. The number of esters is 1. The summed E-state index contributed by atoms with van der Waals surface area (Å²) in [6, 6.07) is -0.539. The van der Waals surface area contributed by atoms with E-state index in [1.165, 1.54) is 276 Å². The first-order valence-corrected chi connectivity index (χ1v) is 32.1. The zero-order chi connectivity index (χ0) is 51.4. The van der Waals surface area contributed by atoms with Gasteiger partial charge in [-0.2, -0.15) is 0 Å². The summed E-state index contributed by atoms with van der Waals surface area (Å²) < 4.78 is 5.48. The Balaban J connectivity index is 3.35. The Morgan fingerprint density at radius 1 is 0.380 bits per heavy atom. The van der Waals surface area contributed by atoms with Gasteiger partial charge in [-0.05, 0) is 77.0 Å². The van der Waals surface area contributed by atoms with Crippen LogP contribution in [0.3, 0.4) is 0 Å². The van der Waals surface area contributed by atoms with Crippen LogP contribution in [0.25, 0.3) is 0 Å².